The zero-order chi connectivity index (χ0) is 21.8. The van der Waals surface area contributed by atoms with Gasteiger partial charge >= 0.3 is 0 Å². The molecule has 0 spiro atoms. The van der Waals surface area contributed by atoms with Crippen LogP contribution in [0, 0.1) is 18.8 Å². The molecule has 1 aromatic heterocycles. The van der Waals surface area contributed by atoms with E-state index in [1.54, 1.807) is 17.9 Å². The molecule has 4 N–H and O–H groups in total. The number of likely N-dealkylation sites (tertiary alicyclic amines) is 1. The number of nitrogens with one attached hydrogen (secondary N) is 1. The van der Waals surface area contributed by atoms with Crippen molar-refractivity contribution < 1.29 is 19.4 Å². The summed E-state index contributed by atoms with van der Waals surface area (Å²) in [7, 11) is 1.66. The number of carbonyl (C=O) groups excluding carboxylic acids is 1. The lowest BCUT2D eigenvalue weighted by atomic mass is 9.89. The van der Waals surface area contributed by atoms with Crippen molar-refractivity contribution >= 4 is 17.7 Å². The third-order valence-corrected chi connectivity index (χ3v) is 5.56. The number of nitrogens with two attached hydrogens (primary N) is 1. The van der Waals surface area contributed by atoms with Gasteiger partial charge in [0.2, 0.25) is 5.91 Å². The molecule has 9 nitrogen and oxygen atoms in total. The topological polar surface area (TPSA) is 123 Å². The molecule has 1 amide bonds. The molecule has 3 atom stereocenters. The van der Waals surface area contributed by atoms with E-state index in [-0.39, 0.29) is 18.5 Å². The number of hydrogen-bond acceptors (Lipinski definition) is 6. The number of aliphatic carboxylic acids is 1. The summed E-state index contributed by atoms with van der Waals surface area (Å²) in [5.41, 5.74) is 7.94. The molecule has 4 rings (SSSR count). The van der Waals surface area contributed by atoms with Gasteiger partial charge in [-0.1, -0.05) is 12.1 Å². The Morgan fingerprint density at radius 2 is 1.97 bits per heavy atom. The number of hydrogen-bond donors (Lipinski definition) is 3. The number of carboxylic acid groups (broad SMARTS) is 1. The van der Waals surface area contributed by atoms with E-state index in [1.165, 1.54) is 0 Å². The summed E-state index contributed by atoms with van der Waals surface area (Å²) in [6, 6.07) is 9.92. The first kappa shape index (κ1) is 21.6. The lowest BCUT2D eigenvalue weighted by Crippen LogP contribution is -2.37. The van der Waals surface area contributed by atoms with Gasteiger partial charge in [0.05, 0.1) is 18.8 Å². The van der Waals surface area contributed by atoms with Gasteiger partial charge in [0.1, 0.15) is 18.1 Å². The average molecular weight is 415 g/mol. The first-order chi connectivity index (χ1) is 14.3. The summed E-state index contributed by atoms with van der Waals surface area (Å²) in [5.74, 6) is 1.50. The number of nitrogen functional groups attached to an aromatic ring is 1. The van der Waals surface area contributed by atoms with Crippen LogP contribution in [-0.4, -0.2) is 58.4 Å². The van der Waals surface area contributed by atoms with Crippen molar-refractivity contribution in [3.05, 3.63) is 41.6 Å². The Bertz CT molecular complexity index is 891. The minimum absolute atomic E-state index is 0.0648. The molecule has 162 valence electrons. The number of aryl methyl sites for hydroxylation is 1. The molecule has 0 unspecified atom stereocenters. The number of nitrogens with zero attached hydrogens (tertiary/aromatic N) is 3. The van der Waals surface area contributed by atoms with Gasteiger partial charge in [-0.3, -0.25) is 9.59 Å². The van der Waals surface area contributed by atoms with E-state index in [2.05, 4.69) is 22.5 Å². The Morgan fingerprint density at radius 1 is 1.30 bits per heavy atom. The Hall–Kier alpha value is -3.07. The van der Waals surface area contributed by atoms with Crippen molar-refractivity contribution in [2.75, 3.05) is 32.5 Å². The van der Waals surface area contributed by atoms with Crippen LogP contribution in [-0.2, 0) is 16.1 Å². The van der Waals surface area contributed by atoms with Crippen molar-refractivity contribution in [3.8, 4) is 5.75 Å². The standard InChI is InChI=1S/C19H25N5O2.C2H4O2/c1-12-7-17(20)24(22-12)11-18(25)23-10-14-8-21-9-16(14)19(23)13-3-5-15(26-2)6-4-13;1-2(3)4/h3-7,14,16,19,21H,8-11,20H2,1-2H3;1H3,(H,3,4)/t14-,16-,19+;/m0./s1. The molecule has 3 heterocycles. The molecule has 0 bridgehead atoms. The number of aromatic nitrogens is 2. The number of rotatable bonds is 4. The predicted molar refractivity (Wildman–Crippen MR) is 112 cm³/mol. The molecule has 2 aromatic rings. The van der Waals surface area contributed by atoms with Gasteiger partial charge in [-0.15, -0.1) is 0 Å². The third-order valence-electron chi connectivity index (χ3n) is 5.56. The van der Waals surface area contributed by atoms with Gasteiger partial charge < -0.3 is 25.8 Å². The van der Waals surface area contributed by atoms with E-state index in [9.17, 15) is 4.79 Å². The van der Waals surface area contributed by atoms with Gasteiger partial charge in [0.25, 0.3) is 5.97 Å². The SMILES string of the molecule is CC(=O)O.COc1ccc([C@@H]2[C@H]3CNC[C@H]3CN2C(=O)Cn2nc(C)cc2N)cc1. The van der Waals surface area contributed by atoms with Gasteiger partial charge in [-0.05, 0) is 30.5 Å². The van der Waals surface area contributed by atoms with Gasteiger partial charge in [-0.25, -0.2) is 4.68 Å². The molecule has 2 aliphatic rings. The van der Waals surface area contributed by atoms with E-state index in [0.29, 0.717) is 17.7 Å². The Kier molecular flexibility index (Phi) is 6.61. The summed E-state index contributed by atoms with van der Waals surface area (Å²) >= 11 is 0. The second kappa shape index (κ2) is 9.17. The van der Waals surface area contributed by atoms with Crippen LogP contribution in [0.15, 0.2) is 30.3 Å². The maximum absolute atomic E-state index is 13.1. The van der Waals surface area contributed by atoms with E-state index in [1.807, 2.05) is 24.0 Å². The van der Waals surface area contributed by atoms with Crippen molar-refractivity contribution in [2.24, 2.45) is 11.8 Å². The molecule has 30 heavy (non-hydrogen) atoms. The lowest BCUT2D eigenvalue weighted by Gasteiger charge is -2.28. The molecule has 0 radical (unpaired) electrons. The van der Waals surface area contributed by atoms with E-state index < -0.39 is 5.97 Å². The number of benzene rings is 1. The molecule has 2 saturated heterocycles. The van der Waals surface area contributed by atoms with Crippen LogP contribution in [0.3, 0.4) is 0 Å². The van der Waals surface area contributed by atoms with Crippen molar-refractivity contribution in [1.29, 1.82) is 0 Å². The average Bonchev–Trinajstić information content (AvgIpc) is 3.36. The quantitative estimate of drug-likeness (QED) is 0.688. The van der Waals surface area contributed by atoms with Crippen LogP contribution in [0.1, 0.15) is 24.2 Å². The maximum Gasteiger partial charge on any atom is 0.300 e. The molecule has 0 saturated carbocycles. The van der Waals surface area contributed by atoms with E-state index in [4.69, 9.17) is 20.4 Å². The minimum Gasteiger partial charge on any atom is -0.497 e. The maximum atomic E-state index is 13.1. The highest BCUT2D eigenvalue weighted by atomic mass is 16.5. The molecular weight excluding hydrogens is 386 g/mol. The van der Waals surface area contributed by atoms with Crippen LogP contribution in [0.5, 0.6) is 5.75 Å². The highest BCUT2D eigenvalue weighted by Gasteiger charge is 2.46. The van der Waals surface area contributed by atoms with Crippen LogP contribution >= 0.6 is 0 Å². The van der Waals surface area contributed by atoms with Crippen molar-refractivity contribution in [1.82, 2.24) is 20.0 Å². The number of carbonyl (C=O) groups is 2. The molecule has 9 heteroatoms. The second-order valence-corrected chi connectivity index (χ2v) is 7.73. The van der Waals surface area contributed by atoms with Crippen LogP contribution in [0.2, 0.25) is 0 Å². The molecule has 0 aliphatic carbocycles. The molecule has 2 fully saturated rings. The van der Waals surface area contributed by atoms with Crippen molar-refractivity contribution in [3.63, 3.8) is 0 Å². The number of fused-ring (bicyclic) bond motifs is 1. The lowest BCUT2D eigenvalue weighted by molar-refractivity contribution is -0.135. The Labute approximate surface area is 175 Å². The number of methoxy groups -OCH3 is 1. The molecule has 1 aromatic carbocycles. The summed E-state index contributed by atoms with van der Waals surface area (Å²) in [6.07, 6.45) is 0. The normalized spacial score (nSPS) is 22.2. The fourth-order valence-corrected chi connectivity index (χ4v) is 4.32. The highest BCUT2D eigenvalue weighted by Crippen LogP contribution is 2.43. The van der Waals surface area contributed by atoms with E-state index in [0.717, 1.165) is 43.6 Å². The Morgan fingerprint density at radius 3 is 2.53 bits per heavy atom. The molecular formula is C21H29N5O4. The number of amides is 1. The second-order valence-electron chi connectivity index (χ2n) is 7.73. The number of anilines is 1. The smallest absolute Gasteiger partial charge is 0.300 e. The molecule has 2 aliphatic heterocycles. The van der Waals surface area contributed by atoms with Crippen LogP contribution < -0.4 is 15.8 Å². The monoisotopic (exact) mass is 415 g/mol. The van der Waals surface area contributed by atoms with Crippen LogP contribution in [0.4, 0.5) is 5.82 Å². The Balaban J connectivity index is 0.000000589. The fourth-order valence-electron chi connectivity index (χ4n) is 4.32. The summed E-state index contributed by atoms with van der Waals surface area (Å²) in [5, 5.41) is 15.2. The van der Waals surface area contributed by atoms with Crippen LogP contribution in [0.25, 0.3) is 0 Å². The number of ether oxygens (including phenoxy) is 1. The fraction of sp³-hybridized carbons (Fsp3) is 0.476. The number of carboxylic acids is 1. The zero-order valence-corrected chi connectivity index (χ0v) is 17.5. The van der Waals surface area contributed by atoms with Gasteiger partial charge in [0.15, 0.2) is 0 Å². The largest absolute Gasteiger partial charge is 0.497 e. The zero-order valence-electron chi connectivity index (χ0n) is 17.5. The summed E-state index contributed by atoms with van der Waals surface area (Å²) in [6.45, 7) is 5.81. The summed E-state index contributed by atoms with van der Waals surface area (Å²) < 4.78 is 6.86. The first-order valence-corrected chi connectivity index (χ1v) is 9.93. The predicted octanol–water partition coefficient (Wildman–Crippen LogP) is 1.29. The minimum atomic E-state index is -0.833. The van der Waals surface area contributed by atoms with E-state index >= 15 is 0 Å². The summed E-state index contributed by atoms with van der Waals surface area (Å²) in [4.78, 5) is 24.1. The van der Waals surface area contributed by atoms with Gasteiger partial charge in [0, 0.05) is 38.5 Å². The highest BCUT2D eigenvalue weighted by molar-refractivity contribution is 5.77. The first-order valence-electron chi connectivity index (χ1n) is 9.93. The third kappa shape index (κ3) is 4.73. The van der Waals surface area contributed by atoms with Crippen molar-refractivity contribution in [2.45, 2.75) is 26.4 Å². The van der Waals surface area contributed by atoms with Gasteiger partial charge in [-0.2, -0.15) is 5.10 Å².